The zero-order valence-corrected chi connectivity index (χ0v) is 24.3. The van der Waals surface area contributed by atoms with E-state index < -0.39 is 17.9 Å². The Morgan fingerprint density at radius 1 is 0.667 bits per heavy atom. The lowest BCUT2D eigenvalue weighted by molar-refractivity contribution is 0.0510. The van der Waals surface area contributed by atoms with E-state index in [0.717, 1.165) is 18.4 Å². The lowest BCUT2D eigenvalue weighted by Crippen LogP contribution is -2.25. The van der Waals surface area contributed by atoms with Crippen molar-refractivity contribution in [1.29, 1.82) is 0 Å². The van der Waals surface area contributed by atoms with Gasteiger partial charge in [-0.1, -0.05) is 104 Å². The standard InChI is InChI=1S/C36H34N2O4/c1-5-36(6-2)31-20-14-13-19-29(31)30-22-21-28(23-32(30)36)33(38-42-35(40)27-17-11-8-12-18-27)24(3)25(4)37-41-34(39)26-15-9-7-10-16-26/h7-24H,5-6H2,1-4H3/b37-25+,38-33-. The smallest absolute Gasteiger partial charge is 0.313 e. The Kier molecular flexibility index (Phi) is 8.43. The fraction of sp³-hybridized carbons (Fsp3) is 0.222. The number of oxime groups is 2. The maximum atomic E-state index is 12.8. The second-order valence-corrected chi connectivity index (χ2v) is 10.5. The molecule has 0 fully saturated rings. The Hall–Kier alpha value is -4.84. The maximum Gasteiger partial charge on any atom is 0.365 e. The minimum atomic E-state index is -0.560. The first-order chi connectivity index (χ1) is 20.4. The molecule has 1 unspecified atom stereocenters. The van der Waals surface area contributed by atoms with E-state index in [1.807, 2.05) is 25.1 Å². The van der Waals surface area contributed by atoms with Crippen molar-refractivity contribution in [3.8, 4) is 11.1 Å². The molecule has 212 valence electrons. The predicted molar refractivity (Wildman–Crippen MR) is 166 cm³/mol. The van der Waals surface area contributed by atoms with Gasteiger partial charge in [-0.05, 0) is 72.4 Å². The first-order valence-electron chi connectivity index (χ1n) is 14.3. The molecular formula is C36H34N2O4. The largest absolute Gasteiger partial charge is 0.365 e. The minimum absolute atomic E-state index is 0.134. The number of fused-ring (bicyclic) bond motifs is 3. The SMILES string of the molecule is CCC1(CC)c2ccccc2-c2ccc(/C(=N\OC(=O)c3ccccc3)C(C)/C(C)=N/OC(=O)c3ccccc3)cc21. The van der Waals surface area contributed by atoms with Gasteiger partial charge < -0.3 is 9.68 Å². The summed E-state index contributed by atoms with van der Waals surface area (Å²) >= 11 is 0. The number of hydrogen-bond acceptors (Lipinski definition) is 6. The molecule has 6 nitrogen and oxygen atoms in total. The molecule has 0 bridgehead atoms. The van der Waals surface area contributed by atoms with Crippen LogP contribution in [-0.2, 0) is 15.1 Å². The molecule has 0 radical (unpaired) electrons. The van der Waals surface area contributed by atoms with E-state index in [-0.39, 0.29) is 5.41 Å². The van der Waals surface area contributed by atoms with Crippen LogP contribution in [0.4, 0.5) is 0 Å². The molecule has 4 aromatic carbocycles. The molecule has 0 spiro atoms. The third-order valence-electron chi connectivity index (χ3n) is 8.33. The van der Waals surface area contributed by atoms with Crippen LogP contribution in [0.3, 0.4) is 0 Å². The van der Waals surface area contributed by atoms with Crippen molar-refractivity contribution in [1.82, 2.24) is 0 Å². The Labute approximate surface area is 246 Å². The maximum absolute atomic E-state index is 12.8. The average molecular weight is 559 g/mol. The highest BCUT2D eigenvalue weighted by atomic mass is 16.7. The van der Waals surface area contributed by atoms with Crippen LogP contribution < -0.4 is 0 Å². The van der Waals surface area contributed by atoms with Gasteiger partial charge in [-0.3, -0.25) is 0 Å². The Bertz CT molecular complexity index is 1650. The minimum Gasteiger partial charge on any atom is -0.313 e. The van der Waals surface area contributed by atoms with Crippen LogP contribution in [0.25, 0.3) is 11.1 Å². The summed E-state index contributed by atoms with van der Waals surface area (Å²) in [5, 5.41) is 8.54. The first-order valence-corrected chi connectivity index (χ1v) is 14.3. The van der Waals surface area contributed by atoms with E-state index >= 15 is 0 Å². The Balaban J connectivity index is 1.53. The molecule has 0 heterocycles. The monoisotopic (exact) mass is 558 g/mol. The first kappa shape index (κ1) is 28.7. The molecule has 42 heavy (non-hydrogen) atoms. The molecule has 0 aromatic heterocycles. The zero-order chi connectivity index (χ0) is 29.7. The van der Waals surface area contributed by atoms with E-state index in [0.29, 0.717) is 22.6 Å². The molecule has 1 aliphatic carbocycles. The number of rotatable bonds is 9. The van der Waals surface area contributed by atoms with Crippen molar-refractivity contribution in [3.63, 3.8) is 0 Å². The summed E-state index contributed by atoms with van der Waals surface area (Å²) in [5.41, 5.74) is 7.50. The second kappa shape index (κ2) is 12.4. The summed E-state index contributed by atoms with van der Waals surface area (Å²) in [7, 11) is 0. The van der Waals surface area contributed by atoms with Crippen LogP contribution in [0.5, 0.6) is 0 Å². The lowest BCUT2D eigenvalue weighted by atomic mass is 9.73. The molecule has 1 atom stereocenters. The van der Waals surface area contributed by atoms with Crippen molar-refractivity contribution in [3.05, 3.63) is 131 Å². The normalized spacial score (nSPS) is 14.5. The molecule has 0 saturated carbocycles. The highest BCUT2D eigenvalue weighted by Gasteiger charge is 2.40. The van der Waals surface area contributed by atoms with Gasteiger partial charge in [0.05, 0.1) is 22.6 Å². The van der Waals surface area contributed by atoms with E-state index in [4.69, 9.17) is 9.68 Å². The third-order valence-corrected chi connectivity index (χ3v) is 8.33. The van der Waals surface area contributed by atoms with Crippen LogP contribution in [-0.4, -0.2) is 23.4 Å². The van der Waals surface area contributed by atoms with Gasteiger partial charge in [0.15, 0.2) is 0 Å². The Morgan fingerprint density at radius 3 is 1.79 bits per heavy atom. The lowest BCUT2D eigenvalue weighted by Gasteiger charge is -2.30. The Morgan fingerprint density at radius 2 is 1.19 bits per heavy atom. The molecule has 0 amide bonds. The van der Waals surface area contributed by atoms with E-state index in [1.54, 1.807) is 55.5 Å². The van der Waals surface area contributed by atoms with Gasteiger partial charge in [-0.15, -0.1) is 0 Å². The highest BCUT2D eigenvalue weighted by molar-refractivity contribution is 6.14. The molecule has 0 N–H and O–H groups in total. The second-order valence-electron chi connectivity index (χ2n) is 10.5. The van der Waals surface area contributed by atoms with Crippen LogP contribution in [0.1, 0.15) is 77.9 Å². The van der Waals surface area contributed by atoms with Gasteiger partial charge in [0.1, 0.15) is 0 Å². The van der Waals surface area contributed by atoms with Crippen molar-refractivity contribution < 1.29 is 19.3 Å². The van der Waals surface area contributed by atoms with Gasteiger partial charge in [0, 0.05) is 16.9 Å². The van der Waals surface area contributed by atoms with Crippen LogP contribution in [0.15, 0.2) is 113 Å². The summed E-state index contributed by atoms with van der Waals surface area (Å²) in [6, 6.07) is 32.3. The van der Waals surface area contributed by atoms with Crippen LogP contribution in [0.2, 0.25) is 0 Å². The molecular weight excluding hydrogens is 524 g/mol. The fourth-order valence-electron chi connectivity index (χ4n) is 5.74. The molecule has 5 rings (SSSR count). The van der Waals surface area contributed by atoms with Gasteiger partial charge in [-0.2, -0.15) is 0 Å². The number of carbonyl (C=O) groups excluding carboxylic acids is 2. The third kappa shape index (κ3) is 5.40. The highest BCUT2D eigenvalue weighted by Crippen LogP contribution is 2.52. The fourth-order valence-corrected chi connectivity index (χ4v) is 5.74. The van der Waals surface area contributed by atoms with Gasteiger partial charge in [0.25, 0.3) is 0 Å². The van der Waals surface area contributed by atoms with E-state index in [1.165, 1.54) is 22.3 Å². The van der Waals surface area contributed by atoms with E-state index in [9.17, 15) is 9.59 Å². The average Bonchev–Trinajstić information content (AvgIpc) is 3.33. The number of nitrogens with zero attached hydrogens (tertiary/aromatic N) is 2. The topological polar surface area (TPSA) is 77.3 Å². The summed E-state index contributed by atoms with van der Waals surface area (Å²) in [4.78, 5) is 36.1. The van der Waals surface area contributed by atoms with Gasteiger partial charge in [-0.25, -0.2) is 9.59 Å². The number of carbonyl (C=O) groups is 2. The molecule has 6 heteroatoms. The molecule has 0 aliphatic heterocycles. The van der Waals surface area contributed by atoms with E-state index in [2.05, 4.69) is 60.6 Å². The quantitative estimate of drug-likeness (QED) is 0.118. The number of hydrogen-bond donors (Lipinski definition) is 0. The molecule has 0 saturated heterocycles. The summed E-state index contributed by atoms with van der Waals surface area (Å²) in [5.74, 6) is -1.55. The van der Waals surface area contributed by atoms with Crippen LogP contribution in [0, 0.1) is 5.92 Å². The number of benzene rings is 4. The van der Waals surface area contributed by atoms with Crippen molar-refractivity contribution in [2.75, 3.05) is 0 Å². The molecule has 4 aromatic rings. The summed E-state index contributed by atoms with van der Waals surface area (Å²) in [6.45, 7) is 8.11. The van der Waals surface area contributed by atoms with Gasteiger partial charge >= 0.3 is 11.9 Å². The summed E-state index contributed by atoms with van der Waals surface area (Å²) in [6.07, 6.45) is 1.88. The predicted octanol–water partition coefficient (Wildman–Crippen LogP) is 8.20. The summed E-state index contributed by atoms with van der Waals surface area (Å²) < 4.78 is 0. The zero-order valence-electron chi connectivity index (χ0n) is 24.3. The van der Waals surface area contributed by atoms with Crippen LogP contribution >= 0.6 is 0 Å². The molecule has 1 aliphatic rings. The van der Waals surface area contributed by atoms with Gasteiger partial charge in [0.2, 0.25) is 0 Å². The van der Waals surface area contributed by atoms with Crippen molar-refractivity contribution >= 4 is 23.4 Å². The van der Waals surface area contributed by atoms with Crippen molar-refractivity contribution in [2.24, 2.45) is 16.2 Å². The van der Waals surface area contributed by atoms with Crippen molar-refractivity contribution in [2.45, 2.75) is 46.0 Å².